The Morgan fingerprint density at radius 1 is 1.00 bits per heavy atom. The van der Waals surface area contributed by atoms with E-state index >= 15 is 0 Å². The highest BCUT2D eigenvalue weighted by molar-refractivity contribution is 6.02. The van der Waals surface area contributed by atoms with Crippen LogP contribution in [0.1, 0.15) is 11.5 Å². The zero-order valence-corrected chi connectivity index (χ0v) is 8.85. The highest BCUT2D eigenvalue weighted by Gasteiger charge is 2.36. The van der Waals surface area contributed by atoms with E-state index in [1.54, 1.807) is 0 Å². The Morgan fingerprint density at radius 3 is 1.83 bits per heavy atom. The zero-order chi connectivity index (χ0) is 13.6. The number of rotatable bonds is 1. The second-order valence-electron chi connectivity index (χ2n) is 3.59. The van der Waals surface area contributed by atoms with Crippen LogP contribution in [0.15, 0.2) is 5.10 Å². The van der Waals surface area contributed by atoms with Crippen molar-refractivity contribution in [3.63, 3.8) is 0 Å². The topological polar surface area (TPSA) is 32.7 Å². The predicted octanol–water partition coefficient (Wildman–Crippen LogP) is 1.92. The van der Waals surface area contributed by atoms with Gasteiger partial charge in [0.15, 0.2) is 23.3 Å². The third kappa shape index (κ3) is 1.56. The van der Waals surface area contributed by atoms with Gasteiger partial charge in [-0.1, -0.05) is 0 Å². The van der Waals surface area contributed by atoms with Crippen molar-refractivity contribution in [2.24, 2.45) is 5.10 Å². The van der Waals surface area contributed by atoms with Crippen molar-refractivity contribution in [1.29, 1.82) is 0 Å². The normalized spacial score (nSPS) is 18.9. The molecule has 18 heavy (non-hydrogen) atoms. The van der Waals surface area contributed by atoms with Gasteiger partial charge in [-0.15, -0.1) is 0 Å². The van der Waals surface area contributed by atoms with Gasteiger partial charge in [-0.25, -0.2) is 27.0 Å². The van der Waals surface area contributed by atoms with Gasteiger partial charge in [0.05, 0.1) is 0 Å². The Hall–Kier alpha value is -1.99. The second-order valence-corrected chi connectivity index (χ2v) is 3.59. The molecule has 2 rings (SSSR count). The third-order valence-corrected chi connectivity index (χ3v) is 2.53. The van der Waals surface area contributed by atoms with E-state index < -0.39 is 46.5 Å². The average molecular weight is 264 g/mol. The molecule has 1 unspecified atom stereocenters. The summed E-state index contributed by atoms with van der Waals surface area (Å²) in [6.45, 7) is 0. The number of likely N-dealkylation sites (N-methyl/N-ethyl adjacent to an activating group) is 1. The van der Waals surface area contributed by atoms with E-state index in [1.165, 1.54) is 7.05 Å². The molecule has 8 heteroatoms. The molecule has 0 saturated carbocycles. The van der Waals surface area contributed by atoms with Crippen molar-refractivity contribution in [2.45, 2.75) is 5.92 Å². The molecule has 1 aromatic carbocycles. The number of halogens is 5. The Labute approximate surface area is 97.5 Å². The van der Waals surface area contributed by atoms with Gasteiger partial charge in [0, 0.05) is 18.8 Å². The first-order chi connectivity index (χ1) is 8.36. The molecule has 0 aliphatic carbocycles. The van der Waals surface area contributed by atoms with Gasteiger partial charge >= 0.3 is 0 Å². The standard InChI is InChI=1S/C10H5F5N2O/c1-17-10(18)3(2-16-17)4-5(11)7(13)9(15)8(14)6(4)12/h2-3H,1H3. The number of amides is 1. The van der Waals surface area contributed by atoms with Crippen LogP contribution in [0.2, 0.25) is 0 Å². The molecule has 0 bridgehead atoms. The number of carbonyl (C=O) groups excluding carboxylic acids is 1. The van der Waals surface area contributed by atoms with Crippen LogP contribution in [0.5, 0.6) is 0 Å². The van der Waals surface area contributed by atoms with Crippen molar-refractivity contribution >= 4 is 12.1 Å². The smallest absolute Gasteiger partial charge is 0.255 e. The van der Waals surface area contributed by atoms with Crippen LogP contribution < -0.4 is 0 Å². The summed E-state index contributed by atoms with van der Waals surface area (Å²) in [5.41, 5.74) is -1.19. The number of nitrogens with zero attached hydrogens (tertiary/aromatic N) is 2. The largest absolute Gasteiger partial charge is 0.272 e. The molecule has 1 aliphatic heterocycles. The van der Waals surface area contributed by atoms with Gasteiger partial charge in [-0.3, -0.25) is 4.79 Å². The van der Waals surface area contributed by atoms with Gasteiger partial charge < -0.3 is 0 Å². The van der Waals surface area contributed by atoms with Crippen LogP contribution in [-0.2, 0) is 4.79 Å². The SMILES string of the molecule is CN1N=CC(c2c(F)c(F)c(F)c(F)c2F)C1=O. The average Bonchev–Trinajstić information content (AvgIpc) is 2.66. The highest BCUT2D eigenvalue weighted by atomic mass is 19.2. The molecule has 0 fully saturated rings. The fraction of sp³-hybridized carbons (Fsp3) is 0.200. The number of hydrogen-bond acceptors (Lipinski definition) is 2. The van der Waals surface area contributed by atoms with Crippen LogP contribution in [0.4, 0.5) is 22.0 Å². The first kappa shape index (κ1) is 12.5. The van der Waals surface area contributed by atoms with Crippen molar-refractivity contribution in [2.75, 3.05) is 7.05 Å². The molecule has 0 N–H and O–H groups in total. The molecule has 96 valence electrons. The Kier molecular flexibility index (Phi) is 2.80. The number of hydrogen-bond donors (Lipinski definition) is 0. The second kappa shape index (κ2) is 4.04. The van der Waals surface area contributed by atoms with Gasteiger partial charge in [-0.2, -0.15) is 5.10 Å². The summed E-state index contributed by atoms with van der Waals surface area (Å²) in [6, 6.07) is 0. The zero-order valence-electron chi connectivity index (χ0n) is 8.85. The minimum absolute atomic E-state index is 0.753. The maximum Gasteiger partial charge on any atom is 0.255 e. The molecular weight excluding hydrogens is 259 g/mol. The van der Waals surface area contributed by atoms with Gasteiger partial charge in [-0.05, 0) is 0 Å². The molecule has 0 saturated heterocycles. The summed E-state index contributed by atoms with van der Waals surface area (Å²) in [5.74, 6) is -13.0. The summed E-state index contributed by atoms with van der Waals surface area (Å²) in [4.78, 5) is 11.4. The Bertz CT molecular complexity index is 543. The van der Waals surface area contributed by atoms with Crippen LogP contribution in [0.3, 0.4) is 0 Å². The van der Waals surface area contributed by atoms with Crippen molar-refractivity contribution in [3.8, 4) is 0 Å². The molecule has 3 nitrogen and oxygen atoms in total. The summed E-state index contributed by atoms with van der Waals surface area (Å²) in [5, 5.41) is 4.18. The van der Waals surface area contributed by atoms with Crippen LogP contribution in [0.25, 0.3) is 0 Å². The fourth-order valence-electron chi connectivity index (χ4n) is 1.58. The number of benzene rings is 1. The van der Waals surface area contributed by atoms with Crippen molar-refractivity contribution in [1.82, 2.24) is 5.01 Å². The molecule has 0 spiro atoms. The number of hydrazone groups is 1. The monoisotopic (exact) mass is 264 g/mol. The highest BCUT2D eigenvalue weighted by Crippen LogP contribution is 2.30. The molecule has 0 radical (unpaired) electrons. The molecule has 1 amide bonds. The van der Waals surface area contributed by atoms with E-state index in [0.29, 0.717) is 0 Å². The maximum absolute atomic E-state index is 13.4. The van der Waals surface area contributed by atoms with Crippen LogP contribution >= 0.6 is 0 Å². The number of carbonyl (C=O) groups is 1. The maximum atomic E-state index is 13.4. The van der Waals surface area contributed by atoms with Crippen molar-refractivity contribution in [3.05, 3.63) is 34.6 Å². The van der Waals surface area contributed by atoms with Gasteiger partial charge in [0.25, 0.3) is 5.91 Å². The van der Waals surface area contributed by atoms with Crippen molar-refractivity contribution < 1.29 is 26.7 Å². The summed E-state index contributed by atoms with van der Waals surface area (Å²) >= 11 is 0. The van der Waals surface area contributed by atoms with Gasteiger partial charge in [0.1, 0.15) is 5.92 Å². The lowest BCUT2D eigenvalue weighted by Crippen LogP contribution is -2.24. The molecule has 1 aromatic rings. The van der Waals surface area contributed by atoms with E-state index in [2.05, 4.69) is 5.10 Å². The first-order valence-corrected chi connectivity index (χ1v) is 4.69. The summed E-state index contributed by atoms with van der Waals surface area (Å²) < 4.78 is 65.5. The quantitative estimate of drug-likeness (QED) is 0.433. The lowest BCUT2D eigenvalue weighted by atomic mass is 9.98. The first-order valence-electron chi connectivity index (χ1n) is 4.69. The predicted molar refractivity (Wildman–Crippen MR) is 50.2 cm³/mol. The molecule has 1 atom stereocenters. The van der Waals surface area contributed by atoms with Gasteiger partial charge in [0.2, 0.25) is 5.82 Å². The van der Waals surface area contributed by atoms with E-state index in [-0.39, 0.29) is 0 Å². The minimum atomic E-state index is -2.26. The summed E-state index contributed by atoms with van der Waals surface area (Å²) in [6.07, 6.45) is 0.820. The Morgan fingerprint density at radius 2 is 1.44 bits per heavy atom. The lowest BCUT2D eigenvalue weighted by molar-refractivity contribution is -0.128. The fourth-order valence-corrected chi connectivity index (χ4v) is 1.58. The van der Waals surface area contributed by atoms with E-state index in [4.69, 9.17) is 0 Å². The molecule has 1 heterocycles. The lowest BCUT2D eigenvalue weighted by Gasteiger charge is -2.12. The van der Waals surface area contributed by atoms with E-state index in [1.807, 2.05) is 0 Å². The molecule has 0 aromatic heterocycles. The summed E-state index contributed by atoms with van der Waals surface area (Å²) in [7, 11) is 1.20. The van der Waals surface area contributed by atoms with Crippen LogP contribution in [-0.4, -0.2) is 24.2 Å². The Balaban J connectivity index is 2.66. The van der Waals surface area contributed by atoms with E-state index in [0.717, 1.165) is 11.2 Å². The third-order valence-electron chi connectivity index (χ3n) is 2.53. The molecule has 1 aliphatic rings. The van der Waals surface area contributed by atoms with E-state index in [9.17, 15) is 26.7 Å². The van der Waals surface area contributed by atoms with Crippen LogP contribution in [0, 0.1) is 29.1 Å². The molecular formula is C10H5F5N2O. The minimum Gasteiger partial charge on any atom is -0.272 e.